The molecule has 1 fully saturated rings. The standard InChI is InChI=1S/C22H28N2O3/c1-26-19-12-13-20(27-2)17(16-19)11-14-22(25)24-15-7-6-10-21(24)23-18-8-4-3-5-9-18/h6-7,10,12-13,15-16,18H,3-5,8-9,11,14H2,1-2H3. The van der Waals surface area contributed by atoms with E-state index < -0.39 is 0 Å². The molecule has 5 nitrogen and oxygen atoms in total. The summed E-state index contributed by atoms with van der Waals surface area (Å²) in [5, 5.41) is 0. The van der Waals surface area contributed by atoms with Gasteiger partial charge in [-0.25, -0.2) is 0 Å². The van der Waals surface area contributed by atoms with Gasteiger partial charge in [0.15, 0.2) is 0 Å². The summed E-state index contributed by atoms with van der Waals surface area (Å²) in [6.45, 7) is 0. The number of ether oxygens (including phenoxy) is 2. The number of carbonyl (C=O) groups excluding carboxylic acids is 1. The molecule has 0 saturated heterocycles. The predicted octanol–water partition coefficient (Wildman–Crippen LogP) is 4.01. The Bertz CT molecular complexity index is 835. The third-order valence-corrected chi connectivity index (χ3v) is 5.09. The van der Waals surface area contributed by atoms with E-state index in [0.29, 0.717) is 18.9 Å². The Morgan fingerprint density at radius 2 is 1.93 bits per heavy atom. The lowest BCUT2D eigenvalue weighted by molar-refractivity contribution is 0.0897. The minimum absolute atomic E-state index is 0.0371. The number of methoxy groups -OCH3 is 2. The van der Waals surface area contributed by atoms with Gasteiger partial charge in [0.05, 0.1) is 20.3 Å². The number of aromatic nitrogens is 1. The van der Waals surface area contributed by atoms with Crippen molar-refractivity contribution in [2.75, 3.05) is 14.2 Å². The van der Waals surface area contributed by atoms with E-state index in [4.69, 9.17) is 14.5 Å². The van der Waals surface area contributed by atoms with Crippen LogP contribution in [0.1, 0.15) is 48.9 Å². The fourth-order valence-electron chi connectivity index (χ4n) is 3.59. The highest BCUT2D eigenvalue weighted by Gasteiger charge is 2.13. The van der Waals surface area contributed by atoms with E-state index in [2.05, 4.69) is 0 Å². The number of rotatable bonds is 6. The number of benzene rings is 1. The molecule has 5 heteroatoms. The first-order valence-corrected chi connectivity index (χ1v) is 9.67. The maximum absolute atomic E-state index is 12.9. The van der Waals surface area contributed by atoms with Gasteiger partial charge in [-0.1, -0.05) is 25.3 Å². The van der Waals surface area contributed by atoms with Crippen molar-refractivity contribution in [2.24, 2.45) is 4.99 Å². The number of hydrogen-bond donors (Lipinski definition) is 0. The van der Waals surface area contributed by atoms with Gasteiger partial charge >= 0.3 is 0 Å². The molecule has 0 bridgehead atoms. The zero-order valence-corrected chi connectivity index (χ0v) is 16.2. The van der Waals surface area contributed by atoms with Crippen molar-refractivity contribution in [3.63, 3.8) is 0 Å². The monoisotopic (exact) mass is 368 g/mol. The molecule has 27 heavy (non-hydrogen) atoms. The Labute approximate surface area is 160 Å². The SMILES string of the molecule is COc1ccc(OC)c(CCC(=O)n2ccccc2=NC2CCCCC2)c1. The van der Waals surface area contributed by atoms with E-state index in [-0.39, 0.29) is 5.91 Å². The van der Waals surface area contributed by atoms with Gasteiger partial charge in [0.25, 0.3) is 0 Å². The van der Waals surface area contributed by atoms with Crippen LogP contribution in [-0.2, 0) is 6.42 Å². The van der Waals surface area contributed by atoms with E-state index in [1.807, 2.05) is 42.6 Å². The molecule has 0 spiro atoms. The van der Waals surface area contributed by atoms with Crippen molar-refractivity contribution in [3.05, 3.63) is 53.6 Å². The summed E-state index contributed by atoms with van der Waals surface area (Å²) >= 11 is 0. The van der Waals surface area contributed by atoms with Gasteiger partial charge in [0.1, 0.15) is 17.0 Å². The van der Waals surface area contributed by atoms with Gasteiger partial charge in [-0.05, 0) is 55.2 Å². The summed E-state index contributed by atoms with van der Waals surface area (Å²) in [7, 11) is 3.27. The highest BCUT2D eigenvalue weighted by molar-refractivity contribution is 5.79. The smallest absolute Gasteiger partial charge is 0.232 e. The molecule has 144 valence electrons. The fraction of sp³-hybridized carbons (Fsp3) is 0.455. The van der Waals surface area contributed by atoms with E-state index in [9.17, 15) is 4.79 Å². The lowest BCUT2D eigenvalue weighted by Crippen LogP contribution is -2.29. The van der Waals surface area contributed by atoms with Crippen molar-refractivity contribution in [1.29, 1.82) is 0 Å². The zero-order valence-electron chi connectivity index (χ0n) is 16.2. The molecule has 1 aliphatic rings. The van der Waals surface area contributed by atoms with Crippen LogP contribution in [0.25, 0.3) is 0 Å². The molecular formula is C22H28N2O3. The van der Waals surface area contributed by atoms with Crippen LogP contribution in [0.5, 0.6) is 11.5 Å². The van der Waals surface area contributed by atoms with Crippen LogP contribution < -0.4 is 15.0 Å². The van der Waals surface area contributed by atoms with Crippen molar-refractivity contribution >= 4 is 5.91 Å². The molecule has 0 atom stereocenters. The molecule has 0 amide bonds. The number of pyridine rings is 1. The summed E-state index contributed by atoms with van der Waals surface area (Å²) in [6, 6.07) is 11.7. The number of hydrogen-bond acceptors (Lipinski definition) is 4. The maximum Gasteiger partial charge on any atom is 0.232 e. The number of aryl methyl sites for hydroxylation is 1. The largest absolute Gasteiger partial charge is 0.497 e. The van der Waals surface area contributed by atoms with Gasteiger partial charge in [-0.2, -0.15) is 0 Å². The minimum Gasteiger partial charge on any atom is -0.497 e. The van der Waals surface area contributed by atoms with Crippen LogP contribution in [0.4, 0.5) is 0 Å². The van der Waals surface area contributed by atoms with E-state index >= 15 is 0 Å². The van der Waals surface area contributed by atoms with Crippen LogP contribution in [0.2, 0.25) is 0 Å². The molecule has 3 rings (SSSR count). The minimum atomic E-state index is 0.0371. The van der Waals surface area contributed by atoms with Crippen LogP contribution in [0.15, 0.2) is 47.6 Å². The van der Waals surface area contributed by atoms with Crippen LogP contribution in [0.3, 0.4) is 0 Å². The Morgan fingerprint density at radius 3 is 2.67 bits per heavy atom. The molecule has 1 aromatic heterocycles. The molecule has 0 aliphatic heterocycles. The highest BCUT2D eigenvalue weighted by atomic mass is 16.5. The van der Waals surface area contributed by atoms with Crippen molar-refractivity contribution in [3.8, 4) is 11.5 Å². The van der Waals surface area contributed by atoms with Gasteiger partial charge in [0.2, 0.25) is 5.91 Å². The first kappa shape index (κ1) is 19.2. The lowest BCUT2D eigenvalue weighted by Gasteiger charge is -2.17. The van der Waals surface area contributed by atoms with Crippen molar-refractivity contribution < 1.29 is 14.3 Å². The first-order chi connectivity index (χ1) is 13.2. The second-order valence-electron chi connectivity index (χ2n) is 6.92. The van der Waals surface area contributed by atoms with Crippen LogP contribution in [-0.4, -0.2) is 30.7 Å². The Morgan fingerprint density at radius 1 is 1.11 bits per heavy atom. The second kappa shape index (κ2) is 9.40. The third kappa shape index (κ3) is 5.00. The summed E-state index contributed by atoms with van der Waals surface area (Å²) in [4.78, 5) is 17.7. The Kier molecular flexibility index (Phi) is 6.69. The summed E-state index contributed by atoms with van der Waals surface area (Å²) < 4.78 is 12.4. The average Bonchev–Trinajstić information content (AvgIpc) is 2.73. The molecule has 2 aromatic rings. The Balaban J connectivity index is 1.76. The van der Waals surface area contributed by atoms with Crippen molar-refractivity contribution in [1.82, 2.24) is 4.57 Å². The van der Waals surface area contributed by atoms with Crippen molar-refractivity contribution in [2.45, 2.75) is 51.0 Å². The zero-order chi connectivity index (χ0) is 19.1. The number of carbonyl (C=O) groups is 1. The predicted molar refractivity (Wildman–Crippen MR) is 105 cm³/mol. The third-order valence-electron chi connectivity index (χ3n) is 5.09. The first-order valence-electron chi connectivity index (χ1n) is 9.67. The molecule has 1 aliphatic carbocycles. The molecule has 0 radical (unpaired) electrons. The quantitative estimate of drug-likeness (QED) is 0.774. The Hall–Kier alpha value is -2.56. The molecule has 0 N–H and O–H groups in total. The topological polar surface area (TPSA) is 52.8 Å². The summed E-state index contributed by atoms with van der Waals surface area (Å²) in [6.07, 6.45) is 8.76. The van der Waals surface area contributed by atoms with Crippen LogP contribution in [0, 0.1) is 0 Å². The lowest BCUT2D eigenvalue weighted by atomic mass is 9.96. The average molecular weight is 368 g/mol. The van der Waals surface area contributed by atoms with Crippen LogP contribution >= 0.6 is 0 Å². The molecule has 0 unspecified atom stereocenters. The van der Waals surface area contributed by atoms with Gasteiger partial charge in [0, 0.05) is 12.6 Å². The van der Waals surface area contributed by atoms with E-state index in [1.54, 1.807) is 18.8 Å². The van der Waals surface area contributed by atoms with Gasteiger partial charge < -0.3 is 9.47 Å². The molecule has 1 heterocycles. The van der Waals surface area contributed by atoms with Gasteiger partial charge in [-0.15, -0.1) is 0 Å². The van der Waals surface area contributed by atoms with E-state index in [1.165, 1.54) is 19.3 Å². The normalized spacial score (nSPS) is 15.6. The summed E-state index contributed by atoms with van der Waals surface area (Å²) in [5.74, 6) is 1.57. The summed E-state index contributed by atoms with van der Waals surface area (Å²) in [5.41, 5.74) is 1.72. The molecule has 1 saturated carbocycles. The molecule has 1 aromatic carbocycles. The second-order valence-corrected chi connectivity index (χ2v) is 6.92. The number of nitrogens with zero attached hydrogens (tertiary/aromatic N) is 2. The fourth-order valence-corrected chi connectivity index (χ4v) is 3.59. The molecular weight excluding hydrogens is 340 g/mol. The maximum atomic E-state index is 12.9. The highest BCUT2D eigenvalue weighted by Crippen LogP contribution is 2.25. The van der Waals surface area contributed by atoms with Gasteiger partial charge in [-0.3, -0.25) is 14.4 Å². The van der Waals surface area contributed by atoms with E-state index in [0.717, 1.165) is 35.4 Å².